The fourth-order valence-corrected chi connectivity index (χ4v) is 1.82. The van der Waals surface area contributed by atoms with Gasteiger partial charge < -0.3 is 16.8 Å². The van der Waals surface area contributed by atoms with Crippen LogP contribution in [0, 0.1) is 5.92 Å². The Morgan fingerprint density at radius 1 is 1.50 bits per heavy atom. The molecule has 1 aliphatic carbocycles. The predicted molar refractivity (Wildman–Crippen MR) is 53.2 cm³/mol. The molecule has 5 N–H and O–H groups in total. The van der Waals surface area contributed by atoms with E-state index in [9.17, 15) is 13.2 Å². The van der Waals surface area contributed by atoms with Crippen LogP contribution in [0.4, 0.5) is 13.2 Å². The Balaban J connectivity index is 2.28. The van der Waals surface area contributed by atoms with Crippen molar-refractivity contribution in [2.24, 2.45) is 22.4 Å². The molecule has 2 rings (SSSR count). The zero-order valence-electron chi connectivity index (χ0n) is 8.51. The van der Waals surface area contributed by atoms with Crippen LogP contribution < -0.4 is 16.8 Å². The maximum Gasteiger partial charge on any atom is 0.417 e. The van der Waals surface area contributed by atoms with Gasteiger partial charge in [-0.2, -0.15) is 13.2 Å². The van der Waals surface area contributed by atoms with E-state index in [2.05, 4.69) is 10.3 Å². The smallest absolute Gasteiger partial charge is 0.370 e. The van der Waals surface area contributed by atoms with E-state index < -0.39 is 17.4 Å². The van der Waals surface area contributed by atoms with Crippen LogP contribution in [-0.4, -0.2) is 17.8 Å². The lowest BCUT2D eigenvalue weighted by molar-refractivity contribution is -0.102. The largest absolute Gasteiger partial charge is 0.417 e. The number of halogens is 3. The Hall–Kier alpha value is -1.24. The van der Waals surface area contributed by atoms with Crippen molar-refractivity contribution < 1.29 is 13.2 Å². The molecule has 0 bridgehead atoms. The Bertz CT molecular complexity index is 356. The zero-order chi connectivity index (χ0) is 12.0. The first-order valence-electron chi connectivity index (χ1n) is 5.00. The normalized spacial score (nSPS) is 30.5. The molecule has 2 aliphatic rings. The highest BCUT2D eigenvalue weighted by Crippen LogP contribution is 2.43. The molecule has 0 spiro atoms. The highest BCUT2D eigenvalue weighted by molar-refractivity contribution is 5.81. The fourth-order valence-electron chi connectivity index (χ4n) is 1.82. The first-order chi connectivity index (χ1) is 7.31. The number of alkyl halides is 3. The molecular formula is C9H13F3N4. The quantitative estimate of drug-likeness (QED) is 0.661. The summed E-state index contributed by atoms with van der Waals surface area (Å²) < 4.78 is 38.2. The van der Waals surface area contributed by atoms with Crippen molar-refractivity contribution in [3.8, 4) is 0 Å². The molecule has 0 saturated heterocycles. The molecule has 1 heterocycles. The molecular weight excluding hydrogens is 221 g/mol. The summed E-state index contributed by atoms with van der Waals surface area (Å²) in [5.74, 6) is 0.154. The van der Waals surface area contributed by atoms with Gasteiger partial charge in [0.15, 0.2) is 5.96 Å². The average molecular weight is 234 g/mol. The first kappa shape index (κ1) is 11.3. The highest BCUT2D eigenvalue weighted by Gasteiger charge is 2.49. The lowest BCUT2D eigenvalue weighted by Gasteiger charge is -2.32. The molecule has 7 heteroatoms. The summed E-state index contributed by atoms with van der Waals surface area (Å²) in [7, 11) is 0. The molecule has 90 valence electrons. The number of nitrogens with one attached hydrogen (secondary N) is 1. The van der Waals surface area contributed by atoms with E-state index in [1.807, 2.05) is 0 Å². The zero-order valence-corrected chi connectivity index (χ0v) is 8.51. The third kappa shape index (κ3) is 2.13. The van der Waals surface area contributed by atoms with E-state index in [1.165, 1.54) is 0 Å². The number of hydrogen-bond donors (Lipinski definition) is 3. The second-order valence-electron chi connectivity index (χ2n) is 4.27. The second-order valence-corrected chi connectivity index (χ2v) is 4.27. The summed E-state index contributed by atoms with van der Waals surface area (Å²) >= 11 is 0. The average Bonchev–Trinajstić information content (AvgIpc) is 2.84. The molecule has 1 unspecified atom stereocenters. The molecule has 1 atom stereocenters. The van der Waals surface area contributed by atoms with Gasteiger partial charge in [-0.3, -0.25) is 0 Å². The SMILES string of the molecule is NC1=NC(N)(CC2CC2)C(C(F)(F)F)=CN1. The van der Waals surface area contributed by atoms with E-state index in [0.29, 0.717) is 0 Å². The van der Waals surface area contributed by atoms with Crippen LogP contribution in [0.5, 0.6) is 0 Å². The van der Waals surface area contributed by atoms with Gasteiger partial charge in [-0.15, -0.1) is 0 Å². The monoisotopic (exact) mass is 234 g/mol. The minimum Gasteiger partial charge on any atom is -0.370 e. The lowest BCUT2D eigenvalue weighted by atomic mass is 9.94. The van der Waals surface area contributed by atoms with Gasteiger partial charge in [-0.25, -0.2) is 4.99 Å². The Morgan fingerprint density at radius 3 is 2.62 bits per heavy atom. The molecule has 0 amide bonds. The Morgan fingerprint density at radius 2 is 2.12 bits per heavy atom. The maximum atomic E-state index is 12.7. The van der Waals surface area contributed by atoms with Crippen LogP contribution in [0.3, 0.4) is 0 Å². The standard InChI is InChI=1S/C9H13F3N4/c10-9(11,12)6-4-15-7(13)16-8(6,14)3-5-1-2-5/h4-5H,1-3,14H2,(H3,13,15,16). The number of nitrogens with two attached hydrogens (primary N) is 2. The minimum absolute atomic E-state index is 0.0730. The van der Waals surface area contributed by atoms with Crippen molar-refractivity contribution in [2.45, 2.75) is 31.1 Å². The van der Waals surface area contributed by atoms with E-state index in [1.54, 1.807) is 0 Å². The van der Waals surface area contributed by atoms with Gasteiger partial charge in [0.25, 0.3) is 0 Å². The summed E-state index contributed by atoms with van der Waals surface area (Å²) in [5, 5.41) is 2.25. The van der Waals surface area contributed by atoms with Crippen molar-refractivity contribution in [3.63, 3.8) is 0 Å². The minimum atomic E-state index is -4.49. The number of hydrogen-bond acceptors (Lipinski definition) is 4. The van der Waals surface area contributed by atoms with E-state index in [4.69, 9.17) is 11.5 Å². The van der Waals surface area contributed by atoms with Crippen LogP contribution >= 0.6 is 0 Å². The van der Waals surface area contributed by atoms with Crippen LogP contribution in [0.25, 0.3) is 0 Å². The molecule has 16 heavy (non-hydrogen) atoms. The Kier molecular flexibility index (Phi) is 2.37. The number of nitrogens with zero attached hydrogens (tertiary/aromatic N) is 1. The summed E-state index contributed by atoms with van der Waals surface area (Å²) in [6, 6.07) is 0. The highest BCUT2D eigenvalue weighted by atomic mass is 19.4. The molecule has 0 aromatic heterocycles. The fraction of sp³-hybridized carbons (Fsp3) is 0.667. The van der Waals surface area contributed by atoms with Crippen LogP contribution in [0.15, 0.2) is 16.8 Å². The van der Waals surface area contributed by atoms with Crippen molar-refractivity contribution in [1.82, 2.24) is 5.32 Å². The molecule has 0 aromatic rings. The van der Waals surface area contributed by atoms with Crippen molar-refractivity contribution in [3.05, 3.63) is 11.8 Å². The van der Waals surface area contributed by atoms with Crippen LogP contribution in [0.2, 0.25) is 0 Å². The van der Waals surface area contributed by atoms with Crippen LogP contribution in [0.1, 0.15) is 19.3 Å². The molecule has 1 aliphatic heterocycles. The topological polar surface area (TPSA) is 76.4 Å². The summed E-state index contributed by atoms with van der Waals surface area (Å²) in [5.41, 5.74) is 8.50. The van der Waals surface area contributed by atoms with Gasteiger partial charge in [0, 0.05) is 6.20 Å². The number of rotatable bonds is 2. The third-order valence-electron chi connectivity index (χ3n) is 2.75. The van der Waals surface area contributed by atoms with Crippen molar-refractivity contribution >= 4 is 5.96 Å². The molecule has 0 aromatic carbocycles. The summed E-state index contributed by atoms with van der Waals surface area (Å²) in [6.07, 6.45) is -1.66. The molecule has 1 saturated carbocycles. The maximum absolute atomic E-state index is 12.7. The molecule has 1 fully saturated rings. The first-order valence-corrected chi connectivity index (χ1v) is 5.00. The summed E-state index contributed by atoms with van der Waals surface area (Å²) in [6.45, 7) is 0. The van der Waals surface area contributed by atoms with Crippen LogP contribution in [-0.2, 0) is 0 Å². The van der Waals surface area contributed by atoms with Gasteiger partial charge in [-0.1, -0.05) is 12.8 Å². The van der Waals surface area contributed by atoms with Gasteiger partial charge >= 0.3 is 6.18 Å². The van der Waals surface area contributed by atoms with E-state index in [-0.39, 0.29) is 18.3 Å². The summed E-state index contributed by atoms with van der Waals surface area (Å²) in [4.78, 5) is 3.72. The van der Waals surface area contributed by atoms with E-state index in [0.717, 1.165) is 19.0 Å². The van der Waals surface area contributed by atoms with Crippen molar-refractivity contribution in [1.29, 1.82) is 0 Å². The van der Waals surface area contributed by atoms with Gasteiger partial charge in [0.05, 0.1) is 5.57 Å². The Labute approximate surface area is 90.6 Å². The number of guanidine groups is 1. The van der Waals surface area contributed by atoms with Gasteiger partial charge in [0.2, 0.25) is 0 Å². The second kappa shape index (κ2) is 3.38. The third-order valence-corrected chi connectivity index (χ3v) is 2.75. The number of aliphatic imine (C=N–C) groups is 1. The van der Waals surface area contributed by atoms with Crippen molar-refractivity contribution in [2.75, 3.05) is 0 Å². The predicted octanol–water partition coefficient (Wildman–Crippen LogP) is 0.806. The molecule has 4 nitrogen and oxygen atoms in total. The van der Waals surface area contributed by atoms with E-state index >= 15 is 0 Å². The lowest BCUT2D eigenvalue weighted by Crippen LogP contribution is -2.52. The van der Waals surface area contributed by atoms with Gasteiger partial charge in [-0.05, 0) is 12.3 Å². The molecule has 0 radical (unpaired) electrons. The van der Waals surface area contributed by atoms with Gasteiger partial charge in [0.1, 0.15) is 5.66 Å².